The van der Waals surface area contributed by atoms with Crippen LogP contribution in [0.3, 0.4) is 0 Å². The van der Waals surface area contributed by atoms with Gasteiger partial charge in [-0.05, 0) is 24.7 Å². The van der Waals surface area contributed by atoms with Gasteiger partial charge in [-0.1, -0.05) is 6.07 Å². The fourth-order valence-corrected chi connectivity index (χ4v) is 1.82. The highest BCUT2D eigenvalue weighted by atomic mass is 16.6. The van der Waals surface area contributed by atoms with Gasteiger partial charge in [-0.15, -0.1) is 0 Å². The van der Waals surface area contributed by atoms with E-state index in [1.807, 2.05) is 19.3 Å². The maximum Gasteiger partial charge on any atom is 0.310 e. The van der Waals surface area contributed by atoms with E-state index in [0.29, 0.717) is 19.7 Å². The second-order valence-electron chi connectivity index (χ2n) is 4.21. The summed E-state index contributed by atoms with van der Waals surface area (Å²) < 4.78 is 7.24. The number of nitro benzene ring substituents is 1. The number of aromatic nitrogens is 2. The molecule has 0 saturated heterocycles. The molecule has 0 amide bonds. The zero-order valence-electron chi connectivity index (χ0n) is 11.2. The first-order valence-electron chi connectivity index (χ1n) is 6.23. The van der Waals surface area contributed by atoms with E-state index in [1.165, 1.54) is 6.07 Å². The summed E-state index contributed by atoms with van der Waals surface area (Å²) in [4.78, 5) is 10.5. The van der Waals surface area contributed by atoms with Crippen LogP contribution in [0, 0.1) is 10.1 Å². The lowest BCUT2D eigenvalue weighted by atomic mass is 10.2. The van der Waals surface area contributed by atoms with Crippen molar-refractivity contribution in [2.45, 2.75) is 13.1 Å². The van der Waals surface area contributed by atoms with E-state index in [-0.39, 0.29) is 11.4 Å². The van der Waals surface area contributed by atoms with Gasteiger partial charge in [0, 0.05) is 25.0 Å². The minimum Gasteiger partial charge on any atom is -0.485 e. The van der Waals surface area contributed by atoms with Crippen LogP contribution in [0.1, 0.15) is 5.56 Å². The Balaban J connectivity index is 2.06. The first-order valence-corrected chi connectivity index (χ1v) is 6.23. The lowest BCUT2D eigenvalue weighted by molar-refractivity contribution is -0.385. The number of hydrogen-bond acceptors (Lipinski definition) is 5. The summed E-state index contributed by atoms with van der Waals surface area (Å²) >= 11 is 0. The van der Waals surface area contributed by atoms with Crippen LogP contribution in [-0.4, -0.2) is 28.4 Å². The number of ether oxygens (including phenoxy) is 1. The molecule has 1 heterocycles. The normalized spacial score (nSPS) is 10.4. The molecule has 1 aromatic carbocycles. The first-order chi connectivity index (χ1) is 9.70. The van der Waals surface area contributed by atoms with Crippen LogP contribution in [0.15, 0.2) is 36.7 Å². The lowest BCUT2D eigenvalue weighted by Crippen LogP contribution is -2.10. The average molecular weight is 276 g/mol. The van der Waals surface area contributed by atoms with Gasteiger partial charge in [-0.2, -0.15) is 5.10 Å². The Labute approximate surface area is 116 Å². The third-order valence-electron chi connectivity index (χ3n) is 2.74. The number of benzene rings is 1. The molecule has 20 heavy (non-hydrogen) atoms. The Morgan fingerprint density at radius 1 is 1.50 bits per heavy atom. The van der Waals surface area contributed by atoms with Crippen LogP contribution in [0.25, 0.3) is 0 Å². The number of nitro groups is 1. The molecule has 0 bridgehead atoms. The van der Waals surface area contributed by atoms with Crippen molar-refractivity contribution in [1.29, 1.82) is 0 Å². The maximum atomic E-state index is 11.0. The molecule has 0 aliphatic rings. The van der Waals surface area contributed by atoms with Crippen LogP contribution in [0.5, 0.6) is 5.75 Å². The van der Waals surface area contributed by atoms with E-state index in [0.717, 1.165) is 5.56 Å². The topological polar surface area (TPSA) is 82.2 Å². The molecule has 0 aliphatic carbocycles. The largest absolute Gasteiger partial charge is 0.485 e. The lowest BCUT2D eigenvalue weighted by Gasteiger charge is -2.09. The highest BCUT2D eigenvalue weighted by Gasteiger charge is 2.15. The third kappa shape index (κ3) is 3.55. The van der Waals surface area contributed by atoms with Gasteiger partial charge in [0.15, 0.2) is 5.75 Å². The van der Waals surface area contributed by atoms with E-state index in [2.05, 4.69) is 10.4 Å². The molecule has 7 heteroatoms. The number of nitrogens with zero attached hydrogens (tertiary/aromatic N) is 3. The summed E-state index contributed by atoms with van der Waals surface area (Å²) in [5.41, 5.74) is 0.914. The predicted octanol–water partition coefficient (Wildman–Crippen LogP) is 1.59. The molecule has 1 N–H and O–H groups in total. The fourth-order valence-electron chi connectivity index (χ4n) is 1.82. The van der Waals surface area contributed by atoms with E-state index < -0.39 is 4.92 Å². The quantitative estimate of drug-likeness (QED) is 0.613. The van der Waals surface area contributed by atoms with Crippen molar-refractivity contribution in [1.82, 2.24) is 15.1 Å². The van der Waals surface area contributed by atoms with Gasteiger partial charge >= 0.3 is 5.69 Å². The fraction of sp³-hybridized carbons (Fsp3) is 0.308. The summed E-state index contributed by atoms with van der Waals surface area (Å²) in [7, 11) is 1.82. The molecule has 0 atom stereocenters. The van der Waals surface area contributed by atoms with Crippen molar-refractivity contribution in [3.05, 3.63) is 52.3 Å². The van der Waals surface area contributed by atoms with E-state index in [1.54, 1.807) is 23.0 Å². The molecule has 0 spiro atoms. The molecule has 0 fully saturated rings. The standard InChI is InChI=1S/C13H16N4O3/c1-14-10-11-3-4-12(17(18)19)13(9-11)20-8-7-16-6-2-5-15-16/h2-6,9,14H,7-8,10H2,1H3. The van der Waals surface area contributed by atoms with Crippen LogP contribution in [0.2, 0.25) is 0 Å². The molecule has 0 aliphatic heterocycles. The van der Waals surface area contributed by atoms with Crippen LogP contribution in [0.4, 0.5) is 5.69 Å². The molecular formula is C13H16N4O3. The molecule has 106 valence electrons. The summed E-state index contributed by atoms with van der Waals surface area (Å²) in [6.07, 6.45) is 3.49. The molecule has 7 nitrogen and oxygen atoms in total. The van der Waals surface area contributed by atoms with Crippen molar-refractivity contribution in [3.8, 4) is 5.75 Å². The van der Waals surface area contributed by atoms with Gasteiger partial charge in [0.2, 0.25) is 0 Å². The van der Waals surface area contributed by atoms with E-state index in [9.17, 15) is 10.1 Å². The van der Waals surface area contributed by atoms with Crippen LogP contribution < -0.4 is 10.1 Å². The summed E-state index contributed by atoms with van der Waals surface area (Å²) in [5.74, 6) is 0.287. The monoisotopic (exact) mass is 276 g/mol. The third-order valence-corrected chi connectivity index (χ3v) is 2.74. The molecule has 0 saturated carbocycles. The summed E-state index contributed by atoms with van der Waals surface area (Å²) in [5, 5.41) is 18.0. The minimum absolute atomic E-state index is 0.0229. The van der Waals surface area contributed by atoms with Gasteiger partial charge in [0.25, 0.3) is 0 Å². The van der Waals surface area contributed by atoms with Gasteiger partial charge in [0.1, 0.15) is 6.61 Å². The summed E-state index contributed by atoms with van der Waals surface area (Å²) in [6, 6.07) is 6.69. The van der Waals surface area contributed by atoms with Gasteiger partial charge in [-0.3, -0.25) is 14.8 Å². The van der Waals surface area contributed by atoms with Crippen molar-refractivity contribution < 1.29 is 9.66 Å². The molecular weight excluding hydrogens is 260 g/mol. The molecule has 2 rings (SSSR count). The highest BCUT2D eigenvalue weighted by Crippen LogP contribution is 2.28. The average Bonchev–Trinajstić information content (AvgIpc) is 2.92. The Kier molecular flexibility index (Phi) is 4.67. The van der Waals surface area contributed by atoms with Crippen molar-refractivity contribution >= 4 is 5.69 Å². The highest BCUT2D eigenvalue weighted by molar-refractivity contribution is 5.48. The van der Waals surface area contributed by atoms with Crippen molar-refractivity contribution in [2.75, 3.05) is 13.7 Å². The Morgan fingerprint density at radius 3 is 3.00 bits per heavy atom. The van der Waals surface area contributed by atoms with Crippen LogP contribution >= 0.6 is 0 Å². The minimum atomic E-state index is -0.438. The van der Waals surface area contributed by atoms with Crippen LogP contribution in [-0.2, 0) is 13.1 Å². The van der Waals surface area contributed by atoms with Crippen molar-refractivity contribution in [3.63, 3.8) is 0 Å². The van der Waals surface area contributed by atoms with Crippen molar-refractivity contribution in [2.24, 2.45) is 0 Å². The second-order valence-corrected chi connectivity index (χ2v) is 4.21. The maximum absolute atomic E-state index is 11.0. The van der Waals surface area contributed by atoms with E-state index in [4.69, 9.17) is 4.74 Å². The van der Waals surface area contributed by atoms with E-state index >= 15 is 0 Å². The molecule has 2 aromatic rings. The summed E-state index contributed by atoms with van der Waals surface area (Å²) in [6.45, 7) is 1.50. The molecule has 1 aromatic heterocycles. The smallest absolute Gasteiger partial charge is 0.310 e. The zero-order valence-corrected chi connectivity index (χ0v) is 11.2. The number of hydrogen-bond donors (Lipinski definition) is 1. The van der Waals surface area contributed by atoms with Gasteiger partial charge < -0.3 is 10.1 Å². The SMILES string of the molecule is CNCc1ccc([N+](=O)[O-])c(OCCn2cccn2)c1. The Bertz CT molecular complexity index is 569. The first kappa shape index (κ1) is 14.0. The Morgan fingerprint density at radius 2 is 2.35 bits per heavy atom. The predicted molar refractivity (Wildman–Crippen MR) is 73.6 cm³/mol. The zero-order chi connectivity index (χ0) is 14.4. The molecule has 0 radical (unpaired) electrons. The van der Waals surface area contributed by atoms with Gasteiger partial charge in [-0.25, -0.2) is 0 Å². The number of rotatable bonds is 7. The number of nitrogens with one attached hydrogen (secondary N) is 1. The Hall–Kier alpha value is -2.41. The second kappa shape index (κ2) is 6.67. The molecule has 0 unspecified atom stereocenters. The van der Waals surface area contributed by atoms with Gasteiger partial charge in [0.05, 0.1) is 11.5 Å².